The van der Waals surface area contributed by atoms with E-state index in [2.05, 4.69) is 15.9 Å². The number of hydrogen-bond acceptors (Lipinski definition) is 4. The van der Waals surface area contributed by atoms with E-state index in [4.69, 9.17) is 4.74 Å². The summed E-state index contributed by atoms with van der Waals surface area (Å²) in [5.41, 5.74) is 0. The Morgan fingerprint density at radius 1 is 1.18 bits per heavy atom. The van der Waals surface area contributed by atoms with E-state index in [0.29, 0.717) is 31.9 Å². The number of benzene rings is 1. The average Bonchev–Trinajstić information content (AvgIpc) is 2.48. The van der Waals surface area contributed by atoms with Gasteiger partial charge in [-0.15, -0.1) is 0 Å². The van der Waals surface area contributed by atoms with E-state index in [9.17, 15) is 13.2 Å². The van der Waals surface area contributed by atoms with E-state index >= 15 is 0 Å². The SMILES string of the molecule is CC(Oc1ccc(Br)cc1)C(=O)N1CCN(S(C)(=O)=O)CC1. The molecule has 1 fully saturated rings. The fraction of sp³-hybridized carbons (Fsp3) is 0.500. The van der Waals surface area contributed by atoms with Crippen LogP contribution >= 0.6 is 15.9 Å². The molecule has 0 aliphatic carbocycles. The van der Waals surface area contributed by atoms with Gasteiger partial charge in [0, 0.05) is 30.7 Å². The summed E-state index contributed by atoms with van der Waals surface area (Å²) in [5.74, 6) is 0.495. The van der Waals surface area contributed by atoms with Crippen LogP contribution in [0.25, 0.3) is 0 Å². The molecule has 1 unspecified atom stereocenters. The number of rotatable bonds is 4. The Balaban J connectivity index is 1.90. The normalized spacial score (nSPS) is 18.0. The van der Waals surface area contributed by atoms with E-state index in [0.717, 1.165) is 4.47 Å². The van der Waals surface area contributed by atoms with E-state index in [1.165, 1.54) is 10.6 Å². The number of sulfonamides is 1. The van der Waals surface area contributed by atoms with Crippen molar-refractivity contribution in [3.05, 3.63) is 28.7 Å². The third-order valence-corrected chi connectivity index (χ3v) is 5.33. The molecule has 0 saturated carbocycles. The molecule has 22 heavy (non-hydrogen) atoms. The van der Waals surface area contributed by atoms with Gasteiger partial charge in [0.1, 0.15) is 5.75 Å². The van der Waals surface area contributed by atoms with Crippen molar-refractivity contribution in [1.29, 1.82) is 0 Å². The maximum Gasteiger partial charge on any atom is 0.263 e. The molecule has 1 aromatic rings. The molecule has 1 aromatic carbocycles. The predicted molar refractivity (Wildman–Crippen MR) is 87.2 cm³/mol. The second-order valence-electron chi connectivity index (χ2n) is 5.20. The third-order valence-electron chi connectivity index (χ3n) is 3.49. The first-order chi connectivity index (χ1) is 10.3. The lowest BCUT2D eigenvalue weighted by Gasteiger charge is -2.34. The molecular formula is C14H19BrN2O4S. The molecule has 1 atom stereocenters. The van der Waals surface area contributed by atoms with Gasteiger partial charge in [0.25, 0.3) is 5.91 Å². The summed E-state index contributed by atoms with van der Waals surface area (Å²) >= 11 is 3.34. The number of carbonyl (C=O) groups is 1. The summed E-state index contributed by atoms with van der Waals surface area (Å²) in [4.78, 5) is 14.0. The van der Waals surface area contributed by atoms with Crippen LogP contribution in [-0.4, -0.2) is 62.1 Å². The van der Waals surface area contributed by atoms with Crippen LogP contribution in [0.2, 0.25) is 0 Å². The molecule has 6 nitrogen and oxygen atoms in total. The van der Waals surface area contributed by atoms with Gasteiger partial charge in [-0.05, 0) is 31.2 Å². The minimum atomic E-state index is -3.19. The third kappa shape index (κ3) is 4.44. The van der Waals surface area contributed by atoms with Crippen LogP contribution in [0, 0.1) is 0 Å². The Morgan fingerprint density at radius 3 is 2.23 bits per heavy atom. The Labute approximate surface area is 139 Å². The predicted octanol–water partition coefficient (Wildman–Crippen LogP) is 1.32. The van der Waals surface area contributed by atoms with Crippen molar-refractivity contribution in [3.8, 4) is 5.75 Å². The minimum absolute atomic E-state index is 0.129. The molecule has 2 rings (SSSR count). The number of nitrogens with zero attached hydrogens (tertiary/aromatic N) is 2. The van der Waals surface area contributed by atoms with Gasteiger partial charge in [0.15, 0.2) is 6.10 Å². The first kappa shape index (κ1) is 17.2. The van der Waals surface area contributed by atoms with E-state index in [-0.39, 0.29) is 5.91 Å². The van der Waals surface area contributed by atoms with Gasteiger partial charge >= 0.3 is 0 Å². The van der Waals surface area contributed by atoms with Crippen LogP contribution in [0.5, 0.6) is 5.75 Å². The highest BCUT2D eigenvalue weighted by molar-refractivity contribution is 9.10. The molecule has 1 amide bonds. The highest BCUT2D eigenvalue weighted by atomic mass is 79.9. The molecule has 0 aromatic heterocycles. The van der Waals surface area contributed by atoms with Gasteiger partial charge in [-0.3, -0.25) is 4.79 Å². The van der Waals surface area contributed by atoms with Gasteiger partial charge in [-0.1, -0.05) is 15.9 Å². The summed E-state index contributed by atoms with van der Waals surface area (Å²) < 4.78 is 30.9. The molecule has 1 aliphatic rings. The van der Waals surface area contributed by atoms with Crippen molar-refractivity contribution in [2.45, 2.75) is 13.0 Å². The van der Waals surface area contributed by atoms with Crippen molar-refractivity contribution < 1.29 is 17.9 Å². The Hall–Kier alpha value is -1.12. The first-order valence-corrected chi connectivity index (χ1v) is 9.57. The smallest absolute Gasteiger partial charge is 0.263 e. The summed E-state index contributed by atoms with van der Waals surface area (Å²) in [6.45, 7) is 3.14. The standard InChI is InChI=1S/C14H19BrN2O4S/c1-11(21-13-5-3-12(15)4-6-13)14(18)16-7-9-17(10-8-16)22(2,19)20/h3-6,11H,7-10H2,1-2H3. The maximum absolute atomic E-state index is 12.3. The highest BCUT2D eigenvalue weighted by Crippen LogP contribution is 2.18. The van der Waals surface area contributed by atoms with Crippen LogP contribution in [0.4, 0.5) is 0 Å². The molecule has 122 valence electrons. The van der Waals surface area contributed by atoms with Crippen molar-refractivity contribution in [1.82, 2.24) is 9.21 Å². The Kier molecular flexibility index (Phi) is 5.46. The molecule has 0 bridgehead atoms. The number of amides is 1. The lowest BCUT2D eigenvalue weighted by Crippen LogP contribution is -2.53. The molecule has 0 N–H and O–H groups in total. The summed E-state index contributed by atoms with van der Waals surface area (Å²) in [7, 11) is -3.19. The molecule has 8 heteroatoms. The second kappa shape index (κ2) is 6.97. The van der Waals surface area contributed by atoms with Crippen molar-refractivity contribution in [2.24, 2.45) is 0 Å². The van der Waals surface area contributed by atoms with E-state index in [1.54, 1.807) is 24.0 Å². The average molecular weight is 391 g/mol. The number of halogens is 1. The van der Waals surface area contributed by atoms with Crippen molar-refractivity contribution in [3.63, 3.8) is 0 Å². The zero-order chi connectivity index (χ0) is 16.3. The van der Waals surface area contributed by atoms with E-state index < -0.39 is 16.1 Å². The van der Waals surface area contributed by atoms with Crippen LogP contribution in [-0.2, 0) is 14.8 Å². The topological polar surface area (TPSA) is 66.9 Å². The van der Waals surface area contributed by atoms with Crippen LogP contribution in [0.15, 0.2) is 28.7 Å². The fourth-order valence-electron chi connectivity index (χ4n) is 2.26. The number of ether oxygens (including phenoxy) is 1. The number of hydrogen-bond donors (Lipinski definition) is 0. The maximum atomic E-state index is 12.3. The van der Waals surface area contributed by atoms with Gasteiger partial charge in [-0.2, -0.15) is 4.31 Å². The fourth-order valence-corrected chi connectivity index (χ4v) is 3.36. The quantitative estimate of drug-likeness (QED) is 0.777. The molecule has 1 saturated heterocycles. The van der Waals surface area contributed by atoms with Crippen molar-refractivity contribution >= 4 is 31.9 Å². The highest BCUT2D eigenvalue weighted by Gasteiger charge is 2.29. The van der Waals surface area contributed by atoms with E-state index in [1.807, 2.05) is 12.1 Å². The zero-order valence-electron chi connectivity index (χ0n) is 12.5. The van der Waals surface area contributed by atoms with Gasteiger partial charge in [-0.25, -0.2) is 8.42 Å². The summed E-state index contributed by atoms with van der Waals surface area (Å²) in [5, 5.41) is 0. The van der Waals surface area contributed by atoms with Gasteiger partial charge < -0.3 is 9.64 Å². The summed E-state index contributed by atoms with van der Waals surface area (Å²) in [6.07, 6.45) is 0.579. The molecule has 1 aliphatic heterocycles. The second-order valence-corrected chi connectivity index (χ2v) is 8.10. The van der Waals surface area contributed by atoms with Crippen molar-refractivity contribution in [2.75, 3.05) is 32.4 Å². The minimum Gasteiger partial charge on any atom is -0.481 e. The van der Waals surface area contributed by atoms with Gasteiger partial charge in [0.2, 0.25) is 10.0 Å². The first-order valence-electron chi connectivity index (χ1n) is 6.93. The van der Waals surface area contributed by atoms with Gasteiger partial charge in [0.05, 0.1) is 6.26 Å². The van der Waals surface area contributed by atoms with Crippen LogP contribution in [0.3, 0.4) is 0 Å². The monoisotopic (exact) mass is 390 g/mol. The summed E-state index contributed by atoms with van der Waals surface area (Å²) in [6, 6.07) is 7.26. The van der Waals surface area contributed by atoms with Crippen LogP contribution < -0.4 is 4.74 Å². The Morgan fingerprint density at radius 2 is 1.73 bits per heavy atom. The van der Waals surface area contributed by atoms with Crippen LogP contribution in [0.1, 0.15) is 6.92 Å². The lowest BCUT2D eigenvalue weighted by atomic mass is 10.3. The molecule has 1 heterocycles. The Bertz CT molecular complexity index is 625. The molecule has 0 spiro atoms. The number of piperazine rings is 1. The molecular weight excluding hydrogens is 372 g/mol. The largest absolute Gasteiger partial charge is 0.481 e. The zero-order valence-corrected chi connectivity index (χ0v) is 14.9. The molecule has 0 radical (unpaired) electrons. The number of carbonyl (C=O) groups excluding carboxylic acids is 1. The lowest BCUT2D eigenvalue weighted by molar-refractivity contribution is -0.139.